The standard InChI is InChI=1S/C20H19N3O3/c24-15-7-5-14(6-8-15)22-9-11-23(12-10-22)20(26)17-13-21-18-4-2-1-3-16(18)19(17)25/h1-8,13,24H,9-12H2,(H,21,25). The maximum atomic E-state index is 12.8. The molecule has 1 fully saturated rings. The van der Waals surface area contributed by atoms with Crippen molar-refractivity contribution in [2.24, 2.45) is 0 Å². The molecule has 0 spiro atoms. The van der Waals surface area contributed by atoms with E-state index in [1.165, 1.54) is 6.20 Å². The number of rotatable bonds is 2. The molecule has 4 rings (SSSR count). The second-order valence-corrected chi connectivity index (χ2v) is 6.37. The van der Waals surface area contributed by atoms with E-state index in [1.54, 1.807) is 29.2 Å². The van der Waals surface area contributed by atoms with E-state index in [-0.39, 0.29) is 22.6 Å². The number of phenolic OH excluding ortho intramolecular Hbond substituents is 1. The lowest BCUT2D eigenvalue weighted by Gasteiger charge is -2.36. The van der Waals surface area contributed by atoms with Crippen molar-refractivity contribution in [3.63, 3.8) is 0 Å². The van der Waals surface area contributed by atoms with Crippen LogP contribution in [0.1, 0.15) is 10.4 Å². The Bertz CT molecular complexity index is 1000. The summed E-state index contributed by atoms with van der Waals surface area (Å²) in [4.78, 5) is 32.4. The number of aromatic hydroxyl groups is 1. The molecule has 132 valence electrons. The van der Waals surface area contributed by atoms with Crippen LogP contribution in [-0.2, 0) is 0 Å². The minimum atomic E-state index is -0.234. The Morgan fingerprint density at radius 1 is 0.962 bits per heavy atom. The number of carbonyl (C=O) groups excluding carboxylic acids is 1. The number of pyridine rings is 1. The smallest absolute Gasteiger partial charge is 0.259 e. The highest BCUT2D eigenvalue weighted by atomic mass is 16.3. The summed E-state index contributed by atoms with van der Waals surface area (Å²) in [6, 6.07) is 14.2. The summed E-state index contributed by atoms with van der Waals surface area (Å²) in [7, 11) is 0. The molecule has 3 aromatic rings. The van der Waals surface area contributed by atoms with Crippen LogP contribution in [0.5, 0.6) is 5.75 Å². The van der Waals surface area contributed by atoms with Crippen molar-refractivity contribution in [2.75, 3.05) is 31.1 Å². The van der Waals surface area contributed by atoms with Crippen LogP contribution in [0.15, 0.2) is 59.5 Å². The zero-order valence-corrected chi connectivity index (χ0v) is 14.2. The Balaban J connectivity index is 1.51. The highest BCUT2D eigenvalue weighted by Gasteiger charge is 2.24. The number of hydrogen-bond donors (Lipinski definition) is 2. The van der Waals surface area contributed by atoms with Crippen molar-refractivity contribution in [3.8, 4) is 5.75 Å². The molecule has 6 heteroatoms. The molecule has 1 aliphatic heterocycles. The molecule has 0 saturated carbocycles. The predicted molar refractivity (Wildman–Crippen MR) is 101 cm³/mol. The Labute approximate surface area is 150 Å². The number of piperazine rings is 1. The molecule has 1 aromatic heterocycles. The summed E-state index contributed by atoms with van der Waals surface area (Å²) < 4.78 is 0. The molecule has 2 N–H and O–H groups in total. The normalized spacial score (nSPS) is 14.6. The molecule has 0 aliphatic carbocycles. The topological polar surface area (TPSA) is 76.6 Å². The van der Waals surface area contributed by atoms with Gasteiger partial charge in [0.2, 0.25) is 5.43 Å². The molecule has 2 aromatic carbocycles. The van der Waals surface area contributed by atoms with Crippen molar-refractivity contribution in [3.05, 3.63) is 70.5 Å². The van der Waals surface area contributed by atoms with Crippen molar-refractivity contribution in [1.29, 1.82) is 0 Å². The molecule has 0 radical (unpaired) electrons. The van der Waals surface area contributed by atoms with Gasteiger partial charge in [0, 0.05) is 49.0 Å². The second kappa shape index (κ2) is 6.55. The van der Waals surface area contributed by atoms with Gasteiger partial charge in [0.1, 0.15) is 11.3 Å². The van der Waals surface area contributed by atoms with Crippen molar-refractivity contribution < 1.29 is 9.90 Å². The number of phenols is 1. The molecule has 2 heterocycles. The van der Waals surface area contributed by atoms with Crippen LogP contribution < -0.4 is 10.3 Å². The molecular weight excluding hydrogens is 330 g/mol. The lowest BCUT2D eigenvalue weighted by Crippen LogP contribution is -2.49. The number of nitrogens with one attached hydrogen (secondary N) is 1. The molecule has 0 unspecified atom stereocenters. The van der Waals surface area contributed by atoms with E-state index >= 15 is 0 Å². The summed E-state index contributed by atoms with van der Waals surface area (Å²) in [5.74, 6) is 0.000419. The van der Waals surface area contributed by atoms with Gasteiger partial charge in [0.05, 0.1) is 0 Å². The van der Waals surface area contributed by atoms with Crippen LogP contribution in [0.2, 0.25) is 0 Å². The number of nitrogens with zero attached hydrogens (tertiary/aromatic N) is 2. The first-order chi connectivity index (χ1) is 12.6. The van der Waals surface area contributed by atoms with Crippen molar-refractivity contribution >= 4 is 22.5 Å². The summed E-state index contributed by atoms with van der Waals surface area (Å²) >= 11 is 0. The van der Waals surface area contributed by atoms with E-state index in [4.69, 9.17) is 0 Å². The van der Waals surface area contributed by atoms with E-state index in [1.807, 2.05) is 24.3 Å². The summed E-state index contributed by atoms with van der Waals surface area (Å²) in [5.41, 5.74) is 1.69. The monoisotopic (exact) mass is 349 g/mol. The SMILES string of the molecule is O=C(c1c[nH]c2ccccc2c1=O)N1CCN(c2ccc(O)cc2)CC1. The summed E-state index contributed by atoms with van der Waals surface area (Å²) in [5, 5.41) is 9.92. The zero-order chi connectivity index (χ0) is 18.1. The first kappa shape index (κ1) is 16.2. The van der Waals surface area contributed by atoms with E-state index in [0.29, 0.717) is 31.6 Å². The maximum Gasteiger partial charge on any atom is 0.259 e. The summed E-state index contributed by atoms with van der Waals surface area (Å²) in [6.45, 7) is 2.46. The van der Waals surface area contributed by atoms with Gasteiger partial charge in [-0.25, -0.2) is 0 Å². The average Bonchev–Trinajstić information content (AvgIpc) is 2.69. The lowest BCUT2D eigenvalue weighted by molar-refractivity contribution is 0.0745. The predicted octanol–water partition coefficient (Wildman–Crippen LogP) is 2.20. The lowest BCUT2D eigenvalue weighted by atomic mass is 10.1. The minimum Gasteiger partial charge on any atom is -0.508 e. The number of anilines is 1. The number of H-pyrrole nitrogens is 1. The van der Waals surface area contributed by atoms with Crippen LogP contribution in [-0.4, -0.2) is 47.1 Å². The van der Waals surface area contributed by atoms with Crippen LogP contribution in [0.3, 0.4) is 0 Å². The molecular formula is C20H19N3O3. The number of para-hydroxylation sites is 1. The van der Waals surface area contributed by atoms with Crippen LogP contribution in [0, 0.1) is 0 Å². The van der Waals surface area contributed by atoms with Gasteiger partial charge in [-0.1, -0.05) is 12.1 Å². The van der Waals surface area contributed by atoms with E-state index in [2.05, 4.69) is 9.88 Å². The quantitative estimate of drug-likeness (QED) is 0.744. The first-order valence-corrected chi connectivity index (χ1v) is 8.57. The Morgan fingerprint density at radius 3 is 2.38 bits per heavy atom. The number of carbonyl (C=O) groups is 1. The number of fused-ring (bicyclic) bond motifs is 1. The number of aromatic nitrogens is 1. The minimum absolute atomic E-state index is 0.182. The number of amides is 1. The fourth-order valence-corrected chi connectivity index (χ4v) is 3.33. The molecule has 1 aliphatic rings. The molecule has 1 saturated heterocycles. The Hall–Kier alpha value is -3.28. The molecule has 0 atom stereocenters. The van der Waals surface area contributed by atoms with Gasteiger partial charge in [-0.05, 0) is 36.4 Å². The van der Waals surface area contributed by atoms with Crippen LogP contribution in [0.25, 0.3) is 10.9 Å². The fraction of sp³-hybridized carbons (Fsp3) is 0.200. The van der Waals surface area contributed by atoms with Gasteiger partial charge in [-0.2, -0.15) is 0 Å². The number of benzene rings is 2. The third-order valence-electron chi connectivity index (χ3n) is 4.80. The zero-order valence-electron chi connectivity index (χ0n) is 14.2. The molecule has 6 nitrogen and oxygen atoms in total. The molecule has 26 heavy (non-hydrogen) atoms. The number of hydrogen-bond acceptors (Lipinski definition) is 4. The maximum absolute atomic E-state index is 12.8. The second-order valence-electron chi connectivity index (χ2n) is 6.37. The van der Waals surface area contributed by atoms with Crippen LogP contribution >= 0.6 is 0 Å². The van der Waals surface area contributed by atoms with E-state index in [0.717, 1.165) is 11.2 Å². The van der Waals surface area contributed by atoms with Crippen molar-refractivity contribution in [2.45, 2.75) is 0 Å². The van der Waals surface area contributed by atoms with Gasteiger partial charge < -0.3 is 19.9 Å². The van der Waals surface area contributed by atoms with Gasteiger partial charge in [0.15, 0.2) is 0 Å². The average molecular weight is 349 g/mol. The van der Waals surface area contributed by atoms with E-state index in [9.17, 15) is 14.7 Å². The Morgan fingerprint density at radius 2 is 1.65 bits per heavy atom. The van der Waals surface area contributed by atoms with Gasteiger partial charge >= 0.3 is 0 Å². The molecule has 0 bridgehead atoms. The van der Waals surface area contributed by atoms with Crippen LogP contribution in [0.4, 0.5) is 5.69 Å². The third-order valence-corrected chi connectivity index (χ3v) is 4.80. The third kappa shape index (κ3) is 2.90. The first-order valence-electron chi connectivity index (χ1n) is 8.57. The fourth-order valence-electron chi connectivity index (χ4n) is 3.33. The van der Waals surface area contributed by atoms with Gasteiger partial charge in [-0.15, -0.1) is 0 Å². The largest absolute Gasteiger partial charge is 0.508 e. The van der Waals surface area contributed by atoms with Crippen molar-refractivity contribution in [1.82, 2.24) is 9.88 Å². The highest BCUT2D eigenvalue weighted by Crippen LogP contribution is 2.20. The summed E-state index contributed by atoms with van der Waals surface area (Å²) in [6.07, 6.45) is 1.51. The van der Waals surface area contributed by atoms with Gasteiger partial charge in [0.25, 0.3) is 5.91 Å². The Kier molecular flexibility index (Phi) is 4.08. The van der Waals surface area contributed by atoms with E-state index < -0.39 is 0 Å². The molecule has 1 amide bonds. The van der Waals surface area contributed by atoms with Gasteiger partial charge in [-0.3, -0.25) is 9.59 Å². The number of aromatic amines is 1. The highest BCUT2D eigenvalue weighted by molar-refractivity contribution is 5.97.